The molecule has 94 valence electrons. The van der Waals surface area contributed by atoms with Gasteiger partial charge in [-0.3, -0.25) is 0 Å². The van der Waals surface area contributed by atoms with Crippen molar-refractivity contribution < 1.29 is 4.74 Å². The van der Waals surface area contributed by atoms with Crippen molar-refractivity contribution in [2.75, 3.05) is 19.0 Å². The summed E-state index contributed by atoms with van der Waals surface area (Å²) in [6, 6.07) is 8.61. The first kappa shape index (κ1) is 12.9. The van der Waals surface area contributed by atoms with Crippen molar-refractivity contribution in [1.29, 1.82) is 0 Å². The maximum Gasteiger partial charge on any atom is 0.0643 e. The number of ether oxygens (including phenoxy) is 1. The summed E-state index contributed by atoms with van der Waals surface area (Å²) >= 11 is 1.93. The van der Waals surface area contributed by atoms with Gasteiger partial charge in [0.15, 0.2) is 0 Å². The average molecular weight is 251 g/mol. The van der Waals surface area contributed by atoms with E-state index in [1.165, 1.54) is 10.5 Å². The molecule has 0 aromatic heterocycles. The zero-order valence-electron chi connectivity index (χ0n) is 10.6. The Labute approximate surface area is 108 Å². The lowest BCUT2D eigenvalue weighted by Crippen LogP contribution is -2.40. The van der Waals surface area contributed by atoms with Crippen molar-refractivity contribution in [3.63, 3.8) is 0 Å². The molecule has 1 aromatic rings. The Morgan fingerprint density at radius 3 is 3.00 bits per heavy atom. The first-order chi connectivity index (χ1) is 8.12. The van der Waals surface area contributed by atoms with Gasteiger partial charge in [-0.15, -0.1) is 11.8 Å². The Morgan fingerprint density at radius 2 is 2.24 bits per heavy atom. The van der Waals surface area contributed by atoms with Gasteiger partial charge in [-0.25, -0.2) is 0 Å². The standard InChI is InChI=1S/C14H21NOS/c1-3-14(2,15)10-16-8-11-9-17-13-7-5-4-6-12(11)13/h4-7,11H,3,8-10,15H2,1-2H3. The monoisotopic (exact) mass is 251 g/mol. The van der Waals surface area contributed by atoms with Crippen molar-refractivity contribution in [3.8, 4) is 0 Å². The van der Waals surface area contributed by atoms with Crippen LogP contribution in [0.25, 0.3) is 0 Å². The number of benzene rings is 1. The maximum atomic E-state index is 6.07. The molecule has 0 fully saturated rings. The molecule has 0 radical (unpaired) electrons. The molecule has 2 rings (SSSR count). The van der Waals surface area contributed by atoms with Gasteiger partial charge >= 0.3 is 0 Å². The highest BCUT2D eigenvalue weighted by Crippen LogP contribution is 2.39. The van der Waals surface area contributed by atoms with E-state index < -0.39 is 0 Å². The Hall–Kier alpha value is -0.510. The third-order valence-corrected chi connectivity index (χ3v) is 4.61. The molecule has 0 spiro atoms. The van der Waals surface area contributed by atoms with E-state index in [0.717, 1.165) is 18.8 Å². The highest BCUT2D eigenvalue weighted by atomic mass is 32.2. The lowest BCUT2D eigenvalue weighted by atomic mass is 10.0. The number of hydrogen-bond donors (Lipinski definition) is 1. The lowest BCUT2D eigenvalue weighted by Gasteiger charge is -2.23. The fourth-order valence-corrected chi connectivity index (χ4v) is 3.14. The van der Waals surface area contributed by atoms with E-state index in [2.05, 4.69) is 31.2 Å². The fraction of sp³-hybridized carbons (Fsp3) is 0.571. The van der Waals surface area contributed by atoms with E-state index in [0.29, 0.717) is 12.5 Å². The molecule has 3 heteroatoms. The van der Waals surface area contributed by atoms with Gasteiger partial charge in [-0.05, 0) is 25.0 Å². The minimum absolute atomic E-state index is 0.189. The summed E-state index contributed by atoms with van der Waals surface area (Å²) in [5.41, 5.74) is 7.31. The van der Waals surface area contributed by atoms with Crippen LogP contribution in [0, 0.1) is 0 Å². The van der Waals surface area contributed by atoms with E-state index in [1.54, 1.807) is 0 Å². The Morgan fingerprint density at radius 1 is 1.47 bits per heavy atom. The first-order valence-corrected chi connectivity index (χ1v) is 7.19. The SMILES string of the molecule is CCC(C)(N)COCC1CSc2ccccc21. The highest BCUT2D eigenvalue weighted by molar-refractivity contribution is 7.99. The van der Waals surface area contributed by atoms with Gasteiger partial charge < -0.3 is 10.5 Å². The van der Waals surface area contributed by atoms with E-state index >= 15 is 0 Å². The molecule has 0 amide bonds. The van der Waals surface area contributed by atoms with Crippen molar-refractivity contribution in [2.45, 2.75) is 36.6 Å². The summed E-state index contributed by atoms with van der Waals surface area (Å²) in [5.74, 6) is 1.66. The number of fused-ring (bicyclic) bond motifs is 1. The largest absolute Gasteiger partial charge is 0.379 e. The minimum atomic E-state index is -0.189. The fourth-order valence-electron chi connectivity index (χ4n) is 1.90. The van der Waals surface area contributed by atoms with Gasteiger partial charge in [-0.1, -0.05) is 25.1 Å². The zero-order chi connectivity index (χ0) is 12.3. The number of nitrogens with two attached hydrogens (primary N) is 1. The molecule has 2 N–H and O–H groups in total. The first-order valence-electron chi connectivity index (χ1n) is 6.21. The number of hydrogen-bond acceptors (Lipinski definition) is 3. The van der Waals surface area contributed by atoms with E-state index in [4.69, 9.17) is 10.5 Å². The summed E-state index contributed by atoms with van der Waals surface area (Å²) in [5, 5.41) is 0. The second kappa shape index (κ2) is 5.42. The lowest BCUT2D eigenvalue weighted by molar-refractivity contribution is 0.0823. The molecule has 0 saturated carbocycles. The molecule has 0 saturated heterocycles. The molecule has 17 heavy (non-hydrogen) atoms. The van der Waals surface area contributed by atoms with E-state index in [9.17, 15) is 0 Å². The molecular formula is C14H21NOS. The van der Waals surface area contributed by atoms with Crippen molar-refractivity contribution in [2.24, 2.45) is 5.73 Å². The number of rotatable bonds is 5. The van der Waals surface area contributed by atoms with Crippen LogP contribution in [0.3, 0.4) is 0 Å². The van der Waals surface area contributed by atoms with E-state index in [-0.39, 0.29) is 5.54 Å². The second-order valence-electron chi connectivity index (χ2n) is 5.07. The third kappa shape index (κ3) is 3.24. The third-order valence-electron chi connectivity index (χ3n) is 3.36. The Balaban J connectivity index is 1.86. The van der Waals surface area contributed by atoms with Crippen molar-refractivity contribution in [3.05, 3.63) is 29.8 Å². The molecule has 0 aliphatic carbocycles. The van der Waals surface area contributed by atoms with Gasteiger partial charge in [0.1, 0.15) is 0 Å². The summed E-state index contributed by atoms with van der Waals surface area (Å²) < 4.78 is 5.79. The predicted molar refractivity (Wildman–Crippen MR) is 73.6 cm³/mol. The molecular weight excluding hydrogens is 230 g/mol. The summed E-state index contributed by atoms with van der Waals surface area (Å²) in [4.78, 5) is 1.41. The molecule has 1 aliphatic heterocycles. The zero-order valence-corrected chi connectivity index (χ0v) is 11.4. The van der Waals surface area contributed by atoms with Crippen LogP contribution < -0.4 is 5.73 Å². The van der Waals surface area contributed by atoms with Crippen molar-refractivity contribution in [1.82, 2.24) is 0 Å². The molecule has 0 bridgehead atoms. The van der Waals surface area contributed by atoms with Gasteiger partial charge in [-0.2, -0.15) is 0 Å². The predicted octanol–water partition coefficient (Wildman–Crippen LogP) is 3.02. The molecule has 1 aromatic carbocycles. The maximum absolute atomic E-state index is 6.07. The molecule has 2 unspecified atom stereocenters. The molecule has 2 atom stereocenters. The van der Waals surface area contributed by atoms with E-state index in [1.807, 2.05) is 18.7 Å². The molecule has 1 heterocycles. The summed E-state index contributed by atoms with van der Waals surface area (Å²) in [6.07, 6.45) is 0.947. The Kier molecular flexibility index (Phi) is 4.13. The van der Waals surface area contributed by atoms with Crippen molar-refractivity contribution >= 4 is 11.8 Å². The van der Waals surface area contributed by atoms with Crippen LogP contribution in [0.2, 0.25) is 0 Å². The summed E-state index contributed by atoms with van der Waals surface area (Å²) in [6.45, 7) is 5.58. The van der Waals surface area contributed by atoms with Gasteiger partial charge in [0.05, 0.1) is 13.2 Å². The topological polar surface area (TPSA) is 35.2 Å². The molecule has 2 nitrogen and oxygen atoms in total. The molecule has 1 aliphatic rings. The Bertz CT molecular complexity index is 378. The highest BCUT2D eigenvalue weighted by Gasteiger charge is 2.24. The minimum Gasteiger partial charge on any atom is -0.379 e. The number of thioether (sulfide) groups is 1. The average Bonchev–Trinajstić information content (AvgIpc) is 2.73. The van der Waals surface area contributed by atoms with Crippen LogP contribution in [0.1, 0.15) is 31.7 Å². The van der Waals surface area contributed by atoms with Gasteiger partial charge in [0.2, 0.25) is 0 Å². The van der Waals surface area contributed by atoms with Gasteiger partial charge in [0.25, 0.3) is 0 Å². The quantitative estimate of drug-likeness (QED) is 0.873. The van der Waals surface area contributed by atoms with Crippen LogP contribution in [-0.4, -0.2) is 24.5 Å². The van der Waals surface area contributed by atoms with Crippen LogP contribution in [0.5, 0.6) is 0 Å². The van der Waals surface area contributed by atoms with Crippen LogP contribution in [0.4, 0.5) is 0 Å². The van der Waals surface area contributed by atoms with Crippen LogP contribution >= 0.6 is 11.8 Å². The second-order valence-corrected chi connectivity index (χ2v) is 6.13. The van der Waals surface area contributed by atoms with Crippen LogP contribution in [-0.2, 0) is 4.74 Å². The van der Waals surface area contributed by atoms with Crippen LogP contribution in [0.15, 0.2) is 29.2 Å². The smallest absolute Gasteiger partial charge is 0.0643 e. The normalized spacial score (nSPS) is 22.2. The van der Waals surface area contributed by atoms with Gasteiger partial charge in [0, 0.05) is 22.1 Å². The summed E-state index contributed by atoms with van der Waals surface area (Å²) in [7, 11) is 0.